The predicted octanol–water partition coefficient (Wildman–Crippen LogP) is 1.90. The third-order valence-corrected chi connectivity index (χ3v) is 6.39. The number of benzene rings is 1. The Bertz CT molecular complexity index is 798. The highest BCUT2D eigenvalue weighted by Gasteiger charge is 2.26. The number of hydrogen-bond donors (Lipinski definition) is 1. The molecule has 1 aromatic carbocycles. The first-order valence-corrected chi connectivity index (χ1v) is 11.8. The molecule has 0 aliphatic carbocycles. The van der Waals surface area contributed by atoms with Crippen molar-refractivity contribution in [2.45, 2.75) is 45.8 Å². The zero-order valence-corrected chi connectivity index (χ0v) is 18.6. The number of nitrogens with two attached hydrogens (primary N) is 1. The lowest BCUT2D eigenvalue weighted by Gasteiger charge is -2.30. The van der Waals surface area contributed by atoms with Crippen LogP contribution in [0, 0.1) is 0 Å². The normalized spacial score (nSPS) is 18.5. The Labute approximate surface area is 173 Å². The Hall–Kier alpha value is -1.35. The van der Waals surface area contributed by atoms with Crippen molar-refractivity contribution in [2.24, 2.45) is 5.73 Å². The van der Waals surface area contributed by atoms with E-state index in [-0.39, 0.29) is 18.5 Å². The van der Waals surface area contributed by atoms with E-state index in [1.54, 1.807) is 30.0 Å². The van der Waals surface area contributed by atoms with Crippen LogP contribution in [-0.4, -0.2) is 68.6 Å². The molecule has 158 valence electrons. The molecule has 0 aromatic heterocycles. The molecule has 28 heavy (non-hydrogen) atoms. The summed E-state index contributed by atoms with van der Waals surface area (Å²) < 4.78 is 26.4. The molecule has 0 fully saturated rings. The minimum atomic E-state index is -3.50. The van der Waals surface area contributed by atoms with E-state index in [0.29, 0.717) is 36.8 Å². The summed E-state index contributed by atoms with van der Waals surface area (Å²) in [5.41, 5.74) is 7.12. The minimum absolute atomic E-state index is 0.158. The fraction of sp³-hybridized carbons (Fsp3) is 0.632. The van der Waals surface area contributed by atoms with Crippen molar-refractivity contribution < 1.29 is 13.2 Å². The van der Waals surface area contributed by atoms with Crippen molar-refractivity contribution in [1.29, 1.82) is 0 Å². The number of sulfonamides is 1. The van der Waals surface area contributed by atoms with Crippen LogP contribution in [0.25, 0.3) is 0 Å². The highest BCUT2D eigenvalue weighted by atomic mass is 35.5. The van der Waals surface area contributed by atoms with Gasteiger partial charge in [0.05, 0.1) is 18.0 Å². The molecule has 1 atom stereocenters. The quantitative estimate of drug-likeness (QED) is 0.791. The van der Waals surface area contributed by atoms with Crippen molar-refractivity contribution in [3.8, 4) is 0 Å². The fourth-order valence-corrected chi connectivity index (χ4v) is 4.58. The predicted molar refractivity (Wildman–Crippen MR) is 114 cm³/mol. The molecule has 0 saturated carbocycles. The van der Waals surface area contributed by atoms with E-state index in [1.165, 1.54) is 10.6 Å². The maximum atomic E-state index is 12.7. The second-order valence-corrected chi connectivity index (χ2v) is 9.98. The number of fused-ring (bicyclic) bond motifs is 1. The monoisotopic (exact) mass is 430 g/mol. The zero-order valence-electron chi connectivity index (χ0n) is 17.1. The lowest BCUT2D eigenvalue weighted by Crippen LogP contribution is -2.46. The van der Waals surface area contributed by atoms with Crippen LogP contribution in [-0.2, 0) is 21.4 Å². The SMILES string of the molecule is CC(C)N1CCCN(S(C)(=O)=O)c2cc(Cl)ccc2CN(C(=O)[C@@H](C)N)CC1. The molecule has 2 N–H and O–H groups in total. The molecule has 1 aliphatic heterocycles. The van der Waals surface area contributed by atoms with Crippen LogP contribution >= 0.6 is 11.6 Å². The number of halogens is 1. The summed E-state index contributed by atoms with van der Waals surface area (Å²) in [6.07, 6.45) is 1.88. The molecule has 9 heteroatoms. The fourth-order valence-electron chi connectivity index (χ4n) is 3.42. The van der Waals surface area contributed by atoms with Crippen LogP contribution in [0.3, 0.4) is 0 Å². The molecule has 1 amide bonds. The van der Waals surface area contributed by atoms with E-state index in [9.17, 15) is 13.2 Å². The molecule has 0 unspecified atom stereocenters. The molecule has 7 nitrogen and oxygen atoms in total. The Morgan fingerprint density at radius 3 is 2.39 bits per heavy atom. The van der Waals surface area contributed by atoms with Gasteiger partial charge in [0.1, 0.15) is 0 Å². The van der Waals surface area contributed by atoms with Gasteiger partial charge in [-0.05, 0) is 44.9 Å². The van der Waals surface area contributed by atoms with Gasteiger partial charge in [0.2, 0.25) is 15.9 Å². The summed E-state index contributed by atoms with van der Waals surface area (Å²) in [6.45, 7) is 8.47. The number of anilines is 1. The van der Waals surface area contributed by atoms with Crippen LogP contribution in [0.15, 0.2) is 18.2 Å². The number of carbonyl (C=O) groups is 1. The number of amides is 1. The van der Waals surface area contributed by atoms with Gasteiger partial charge in [-0.2, -0.15) is 0 Å². The Balaban J connectivity index is 2.52. The Kier molecular flexibility index (Phi) is 7.73. The van der Waals surface area contributed by atoms with Crippen molar-refractivity contribution in [2.75, 3.05) is 36.7 Å². The van der Waals surface area contributed by atoms with E-state index in [1.807, 2.05) is 0 Å². The first-order chi connectivity index (χ1) is 13.0. The third kappa shape index (κ3) is 5.83. The van der Waals surface area contributed by atoms with Crippen LogP contribution in [0.4, 0.5) is 5.69 Å². The summed E-state index contributed by atoms with van der Waals surface area (Å²) in [5.74, 6) is -0.158. The number of rotatable bonds is 3. The molecular weight excluding hydrogens is 400 g/mol. The number of carbonyl (C=O) groups excluding carboxylic acids is 1. The van der Waals surface area contributed by atoms with Crippen LogP contribution in [0.2, 0.25) is 5.02 Å². The van der Waals surface area contributed by atoms with Crippen molar-refractivity contribution in [3.05, 3.63) is 28.8 Å². The summed E-state index contributed by atoms with van der Waals surface area (Å²) in [5, 5.41) is 0.455. The molecule has 1 heterocycles. The van der Waals surface area contributed by atoms with Gasteiger partial charge in [-0.25, -0.2) is 8.42 Å². The maximum Gasteiger partial charge on any atom is 0.239 e. The van der Waals surface area contributed by atoms with E-state index in [2.05, 4.69) is 18.7 Å². The van der Waals surface area contributed by atoms with Crippen molar-refractivity contribution in [1.82, 2.24) is 9.80 Å². The average Bonchev–Trinajstić information content (AvgIpc) is 2.62. The summed E-state index contributed by atoms with van der Waals surface area (Å²) in [6, 6.07) is 4.83. The average molecular weight is 431 g/mol. The smallest absolute Gasteiger partial charge is 0.239 e. The molecule has 0 bridgehead atoms. The van der Waals surface area contributed by atoms with E-state index >= 15 is 0 Å². The van der Waals surface area contributed by atoms with E-state index < -0.39 is 16.1 Å². The van der Waals surface area contributed by atoms with Gasteiger partial charge in [-0.1, -0.05) is 17.7 Å². The van der Waals surface area contributed by atoms with E-state index in [4.69, 9.17) is 17.3 Å². The molecular formula is C19H31ClN4O3S. The first-order valence-electron chi connectivity index (χ1n) is 9.55. The molecule has 1 aromatic rings. The standard InChI is InChI=1S/C19H31ClN4O3S/c1-14(2)22-8-5-9-24(28(4,26)27)18-12-17(20)7-6-16(18)13-23(11-10-22)19(25)15(3)21/h6-7,12,14-15H,5,8-11,13,21H2,1-4H3/t15-/m1/s1. The largest absolute Gasteiger partial charge is 0.336 e. The van der Waals surface area contributed by atoms with Gasteiger partial charge in [-0.15, -0.1) is 0 Å². The van der Waals surface area contributed by atoms with Gasteiger partial charge in [0.15, 0.2) is 0 Å². The van der Waals surface area contributed by atoms with Gasteiger partial charge >= 0.3 is 0 Å². The van der Waals surface area contributed by atoms with Crippen LogP contribution in [0.1, 0.15) is 32.8 Å². The van der Waals surface area contributed by atoms with E-state index in [0.717, 1.165) is 12.1 Å². The second kappa shape index (κ2) is 9.43. The molecule has 0 radical (unpaired) electrons. The highest BCUT2D eigenvalue weighted by molar-refractivity contribution is 7.92. The molecule has 2 rings (SSSR count). The molecule has 0 saturated heterocycles. The van der Waals surface area contributed by atoms with Gasteiger partial charge < -0.3 is 10.6 Å². The Morgan fingerprint density at radius 2 is 1.82 bits per heavy atom. The zero-order chi connectivity index (χ0) is 21.1. The molecule has 0 spiro atoms. The minimum Gasteiger partial charge on any atom is -0.336 e. The molecule has 1 aliphatic rings. The first kappa shape index (κ1) is 22.9. The van der Waals surface area contributed by atoms with Gasteiger partial charge in [-0.3, -0.25) is 14.0 Å². The number of nitrogens with zero attached hydrogens (tertiary/aromatic N) is 3. The van der Waals surface area contributed by atoms with Crippen molar-refractivity contribution in [3.63, 3.8) is 0 Å². The lowest BCUT2D eigenvalue weighted by atomic mass is 10.1. The summed E-state index contributed by atoms with van der Waals surface area (Å²) in [4.78, 5) is 16.7. The van der Waals surface area contributed by atoms with Crippen LogP contribution < -0.4 is 10.0 Å². The topological polar surface area (TPSA) is 87.0 Å². The van der Waals surface area contributed by atoms with Crippen LogP contribution in [0.5, 0.6) is 0 Å². The third-order valence-electron chi connectivity index (χ3n) is 4.97. The highest BCUT2D eigenvalue weighted by Crippen LogP contribution is 2.29. The summed E-state index contributed by atoms with van der Waals surface area (Å²) in [7, 11) is -3.50. The lowest BCUT2D eigenvalue weighted by molar-refractivity contribution is -0.133. The summed E-state index contributed by atoms with van der Waals surface area (Å²) >= 11 is 6.18. The van der Waals surface area contributed by atoms with Gasteiger partial charge in [0, 0.05) is 43.8 Å². The van der Waals surface area contributed by atoms with Crippen molar-refractivity contribution >= 4 is 33.2 Å². The van der Waals surface area contributed by atoms with Gasteiger partial charge in [0.25, 0.3) is 0 Å². The second-order valence-electron chi connectivity index (χ2n) is 7.64. The Morgan fingerprint density at radius 1 is 1.14 bits per heavy atom. The number of hydrogen-bond acceptors (Lipinski definition) is 5. The maximum absolute atomic E-state index is 12.7.